The van der Waals surface area contributed by atoms with Gasteiger partial charge < -0.3 is 4.90 Å². The van der Waals surface area contributed by atoms with Gasteiger partial charge in [0.1, 0.15) is 5.69 Å². The summed E-state index contributed by atoms with van der Waals surface area (Å²) in [6.45, 7) is 4.11. The van der Waals surface area contributed by atoms with Crippen LogP contribution in [0.5, 0.6) is 0 Å². The summed E-state index contributed by atoms with van der Waals surface area (Å²) in [6, 6.07) is 4.21. The molecule has 1 atom stereocenters. The monoisotopic (exact) mass is 323 g/mol. The van der Waals surface area contributed by atoms with Gasteiger partial charge in [0, 0.05) is 29.8 Å². The van der Waals surface area contributed by atoms with E-state index in [0.29, 0.717) is 11.7 Å². The van der Waals surface area contributed by atoms with E-state index in [9.17, 15) is 4.79 Å². The maximum Gasteiger partial charge on any atom is 0.272 e. The number of amides is 1. The molecule has 3 heterocycles. The van der Waals surface area contributed by atoms with Gasteiger partial charge in [-0.1, -0.05) is 0 Å². The van der Waals surface area contributed by atoms with E-state index in [-0.39, 0.29) is 5.91 Å². The number of nitrogens with zero attached hydrogens (tertiary/aromatic N) is 3. The largest absolute Gasteiger partial charge is 0.336 e. The van der Waals surface area contributed by atoms with E-state index in [4.69, 9.17) is 0 Å². The van der Waals surface area contributed by atoms with Crippen LogP contribution in [-0.2, 0) is 0 Å². The maximum absolute atomic E-state index is 12.3. The van der Waals surface area contributed by atoms with Crippen LogP contribution in [-0.4, -0.2) is 52.9 Å². The van der Waals surface area contributed by atoms with Gasteiger partial charge >= 0.3 is 0 Å². The highest BCUT2D eigenvalue weighted by Crippen LogP contribution is 2.21. The highest BCUT2D eigenvalue weighted by molar-refractivity contribution is 9.10. The third kappa shape index (κ3) is 2.82. The molecule has 1 amide bonds. The number of pyridine rings is 1. The Morgan fingerprint density at radius 3 is 2.74 bits per heavy atom. The molecule has 0 aromatic carbocycles. The Bertz CT molecular complexity index is 456. The number of aromatic nitrogens is 1. The van der Waals surface area contributed by atoms with E-state index in [1.807, 2.05) is 11.0 Å². The number of hydrogen-bond acceptors (Lipinski definition) is 3. The summed E-state index contributed by atoms with van der Waals surface area (Å²) in [5.74, 6) is 0.0641. The number of carbonyl (C=O) groups is 1. The highest BCUT2D eigenvalue weighted by atomic mass is 79.9. The molecule has 1 aromatic heterocycles. The average Bonchev–Trinajstić information content (AvgIpc) is 3.10. The second-order valence-electron chi connectivity index (χ2n) is 5.30. The van der Waals surface area contributed by atoms with Crippen LogP contribution in [0.4, 0.5) is 0 Å². The van der Waals surface area contributed by atoms with Crippen LogP contribution in [0.25, 0.3) is 0 Å². The molecule has 0 unspecified atom stereocenters. The zero-order valence-corrected chi connectivity index (χ0v) is 12.5. The third-order valence-corrected chi connectivity index (χ3v) is 4.52. The highest BCUT2D eigenvalue weighted by Gasteiger charge is 2.32. The van der Waals surface area contributed by atoms with E-state index in [1.54, 1.807) is 12.3 Å². The van der Waals surface area contributed by atoms with Crippen molar-refractivity contribution in [3.05, 3.63) is 28.5 Å². The van der Waals surface area contributed by atoms with Crippen LogP contribution in [0.3, 0.4) is 0 Å². The second kappa shape index (κ2) is 5.59. The topological polar surface area (TPSA) is 36.4 Å². The van der Waals surface area contributed by atoms with Crippen LogP contribution >= 0.6 is 15.9 Å². The van der Waals surface area contributed by atoms with Gasteiger partial charge in [0.2, 0.25) is 0 Å². The quantitative estimate of drug-likeness (QED) is 0.836. The van der Waals surface area contributed by atoms with Crippen molar-refractivity contribution in [1.29, 1.82) is 0 Å². The van der Waals surface area contributed by atoms with Crippen molar-refractivity contribution in [1.82, 2.24) is 14.8 Å². The van der Waals surface area contributed by atoms with Crippen LogP contribution in [0.1, 0.15) is 29.8 Å². The minimum Gasteiger partial charge on any atom is -0.336 e. The summed E-state index contributed by atoms with van der Waals surface area (Å²) in [5.41, 5.74) is 0.547. The van der Waals surface area contributed by atoms with Crippen molar-refractivity contribution in [2.75, 3.05) is 26.2 Å². The molecule has 19 heavy (non-hydrogen) atoms. The summed E-state index contributed by atoms with van der Waals surface area (Å²) in [5, 5.41) is 0. The third-order valence-electron chi connectivity index (χ3n) is 4.05. The minimum atomic E-state index is 0.0641. The molecule has 2 saturated heterocycles. The number of halogens is 1. The summed E-state index contributed by atoms with van der Waals surface area (Å²) >= 11 is 3.34. The predicted molar refractivity (Wildman–Crippen MR) is 77.1 cm³/mol. The normalized spacial score (nSPS) is 24.1. The molecule has 4 nitrogen and oxygen atoms in total. The molecule has 2 aliphatic rings. The Hall–Kier alpha value is -0.940. The van der Waals surface area contributed by atoms with Gasteiger partial charge in [-0.05, 0) is 60.4 Å². The molecule has 0 spiro atoms. The lowest BCUT2D eigenvalue weighted by Gasteiger charge is -2.23. The van der Waals surface area contributed by atoms with Gasteiger partial charge in [-0.3, -0.25) is 9.69 Å². The van der Waals surface area contributed by atoms with Crippen molar-refractivity contribution in [2.24, 2.45) is 0 Å². The molecular weight excluding hydrogens is 306 g/mol. The fraction of sp³-hybridized carbons (Fsp3) is 0.571. The Balaban J connectivity index is 1.63. The van der Waals surface area contributed by atoms with Crippen molar-refractivity contribution in [2.45, 2.75) is 25.3 Å². The number of hydrogen-bond donors (Lipinski definition) is 0. The lowest BCUT2D eigenvalue weighted by molar-refractivity contribution is 0.0774. The first kappa shape index (κ1) is 13.1. The summed E-state index contributed by atoms with van der Waals surface area (Å²) in [6.07, 6.45) is 5.39. The molecule has 0 N–H and O–H groups in total. The van der Waals surface area contributed by atoms with Crippen LogP contribution in [0, 0.1) is 0 Å². The molecular formula is C14H18BrN3O. The average molecular weight is 324 g/mol. The molecule has 2 aliphatic heterocycles. The Morgan fingerprint density at radius 1 is 1.26 bits per heavy atom. The van der Waals surface area contributed by atoms with Crippen LogP contribution in [0.15, 0.2) is 22.8 Å². The van der Waals surface area contributed by atoms with Gasteiger partial charge in [0.25, 0.3) is 5.91 Å². The van der Waals surface area contributed by atoms with Gasteiger partial charge in [0.15, 0.2) is 0 Å². The van der Waals surface area contributed by atoms with Gasteiger partial charge in [-0.2, -0.15) is 0 Å². The molecule has 3 rings (SSSR count). The standard InChI is InChI=1S/C14H18BrN3O/c15-11-3-4-13(16-9-11)14(19)18-8-5-12(10-18)17-6-1-2-7-17/h3-4,9,12H,1-2,5-8,10H2/t12-/m1/s1. The Kier molecular flexibility index (Phi) is 3.84. The van der Waals surface area contributed by atoms with Gasteiger partial charge in [-0.15, -0.1) is 0 Å². The lowest BCUT2D eigenvalue weighted by atomic mass is 10.2. The second-order valence-corrected chi connectivity index (χ2v) is 6.21. The smallest absolute Gasteiger partial charge is 0.272 e. The number of carbonyl (C=O) groups excluding carboxylic acids is 1. The van der Waals surface area contributed by atoms with Crippen LogP contribution in [0.2, 0.25) is 0 Å². The number of rotatable bonds is 2. The van der Waals surface area contributed by atoms with E-state index in [1.165, 1.54) is 25.9 Å². The van der Waals surface area contributed by atoms with E-state index in [2.05, 4.69) is 25.8 Å². The Labute approximate surface area is 121 Å². The first-order valence-corrected chi connectivity index (χ1v) is 7.68. The SMILES string of the molecule is O=C(c1ccc(Br)cn1)N1CC[C@@H](N2CCCC2)C1. The van der Waals surface area contributed by atoms with Gasteiger partial charge in [0.05, 0.1) is 0 Å². The fourth-order valence-electron chi connectivity index (χ4n) is 3.00. The van der Waals surface area contributed by atoms with Crippen molar-refractivity contribution in [3.63, 3.8) is 0 Å². The Morgan fingerprint density at radius 2 is 2.05 bits per heavy atom. The zero-order valence-electron chi connectivity index (χ0n) is 10.9. The number of likely N-dealkylation sites (tertiary alicyclic amines) is 2. The molecule has 1 aromatic rings. The maximum atomic E-state index is 12.3. The van der Waals surface area contributed by atoms with E-state index >= 15 is 0 Å². The minimum absolute atomic E-state index is 0.0641. The lowest BCUT2D eigenvalue weighted by Crippen LogP contribution is -2.37. The summed E-state index contributed by atoms with van der Waals surface area (Å²) < 4.78 is 0.903. The fourth-order valence-corrected chi connectivity index (χ4v) is 3.23. The molecule has 0 bridgehead atoms. The molecule has 0 radical (unpaired) electrons. The zero-order chi connectivity index (χ0) is 13.2. The summed E-state index contributed by atoms with van der Waals surface area (Å²) in [4.78, 5) is 21.0. The molecule has 5 heteroatoms. The van der Waals surface area contributed by atoms with Crippen LogP contribution < -0.4 is 0 Å². The molecule has 0 saturated carbocycles. The summed E-state index contributed by atoms with van der Waals surface area (Å²) in [7, 11) is 0. The van der Waals surface area contributed by atoms with Crippen molar-refractivity contribution < 1.29 is 4.79 Å². The molecule has 0 aliphatic carbocycles. The first-order chi connectivity index (χ1) is 9.24. The molecule has 2 fully saturated rings. The van der Waals surface area contributed by atoms with E-state index in [0.717, 1.165) is 24.0 Å². The predicted octanol–water partition coefficient (Wildman–Crippen LogP) is 2.15. The van der Waals surface area contributed by atoms with Crippen molar-refractivity contribution >= 4 is 21.8 Å². The van der Waals surface area contributed by atoms with E-state index < -0.39 is 0 Å². The van der Waals surface area contributed by atoms with Gasteiger partial charge in [-0.25, -0.2) is 4.98 Å². The van der Waals surface area contributed by atoms with Crippen molar-refractivity contribution in [3.8, 4) is 0 Å². The molecule has 102 valence electrons. The first-order valence-electron chi connectivity index (χ1n) is 6.89.